The molecule has 0 N–H and O–H groups in total. The zero-order valence-electron chi connectivity index (χ0n) is 11.9. The second-order valence-electron chi connectivity index (χ2n) is 5.50. The van der Waals surface area contributed by atoms with E-state index in [9.17, 15) is 0 Å². The van der Waals surface area contributed by atoms with Gasteiger partial charge in [0, 0.05) is 24.7 Å². The highest BCUT2D eigenvalue weighted by Gasteiger charge is 2.14. The van der Waals surface area contributed by atoms with Crippen LogP contribution in [0.4, 0.5) is 5.69 Å². The molecule has 3 rings (SSSR count). The third-order valence-electron chi connectivity index (χ3n) is 4.26. The van der Waals surface area contributed by atoms with E-state index >= 15 is 0 Å². The minimum absolute atomic E-state index is 0.595. The Morgan fingerprint density at radius 2 is 1.65 bits per heavy atom. The van der Waals surface area contributed by atoms with Crippen LogP contribution < -0.4 is 4.90 Å². The second kappa shape index (κ2) is 5.88. The maximum Gasteiger partial charge on any atom is 0.0476 e. The number of hydrogen-bond acceptors (Lipinski definition) is 1. The van der Waals surface area contributed by atoms with Crippen LogP contribution in [-0.4, -0.2) is 13.1 Å². The molecule has 0 fully saturated rings. The first-order chi connectivity index (χ1) is 9.78. The van der Waals surface area contributed by atoms with Crippen LogP contribution in [-0.2, 0) is 18.7 Å². The van der Waals surface area contributed by atoms with Crippen molar-refractivity contribution >= 4 is 17.3 Å². The molecule has 0 unspecified atom stereocenters. The topological polar surface area (TPSA) is 3.24 Å². The molecule has 0 bridgehead atoms. The summed E-state index contributed by atoms with van der Waals surface area (Å²) in [4.78, 5) is 2.49. The molecule has 0 amide bonds. The van der Waals surface area contributed by atoms with Crippen LogP contribution in [0.25, 0.3) is 0 Å². The van der Waals surface area contributed by atoms with E-state index in [4.69, 9.17) is 11.6 Å². The molecule has 1 aliphatic heterocycles. The minimum atomic E-state index is 0.595. The number of fused-ring (bicyclic) bond motifs is 1. The number of hydrogen-bond donors (Lipinski definition) is 0. The number of benzene rings is 2. The summed E-state index contributed by atoms with van der Waals surface area (Å²) in [6, 6.07) is 15.5. The summed E-state index contributed by atoms with van der Waals surface area (Å²) in [5.41, 5.74) is 6.85. The van der Waals surface area contributed by atoms with E-state index in [2.05, 4.69) is 54.3 Å². The molecule has 1 aliphatic rings. The van der Waals surface area contributed by atoms with E-state index in [1.165, 1.54) is 27.9 Å². The molecule has 20 heavy (non-hydrogen) atoms. The average Bonchev–Trinajstić information content (AvgIpc) is 2.70. The molecule has 2 aromatic rings. The SMILES string of the molecule is Cc1cc(N2CCc3ccccc3CC2)ccc1CCl. The first-order valence-corrected chi connectivity index (χ1v) is 7.78. The number of nitrogens with zero attached hydrogens (tertiary/aromatic N) is 1. The number of halogens is 1. The van der Waals surface area contributed by atoms with Crippen molar-refractivity contribution < 1.29 is 0 Å². The van der Waals surface area contributed by atoms with Gasteiger partial charge < -0.3 is 4.90 Å². The van der Waals surface area contributed by atoms with Crippen molar-refractivity contribution in [2.75, 3.05) is 18.0 Å². The molecule has 104 valence electrons. The van der Waals surface area contributed by atoms with Crippen LogP contribution in [0.5, 0.6) is 0 Å². The highest BCUT2D eigenvalue weighted by Crippen LogP contribution is 2.24. The molecule has 0 aromatic heterocycles. The number of rotatable bonds is 2. The monoisotopic (exact) mass is 285 g/mol. The normalized spacial score (nSPS) is 14.8. The Morgan fingerprint density at radius 3 is 2.20 bits per heavy atom. The Bertz CT molecular complexity index is 579. The van der Waals surface area contributed by atoms with Crippen molar-refractivity contribution in [3.63, 3.8) is 0 Å². The van der Waals surface area contributed by atoms with Gasteiger partial charge in [0.05, 0.1) is 0 Å². The summed E-state index contributed by atoms with van der Waals surface area (Å²) in [5.74, 6) is 0.595. The quantitative estimate of drug-likeness (QED) is 0.742. The van der Waals surface area contributed by atoms with Gasteiger partial charge in [0.25, 0.3) is 0 Å². The van der Waals surface area contributed by atoms with Gasteiger partial charge in [-0.15, -0.1) is 11.6 Å². The molecule has 0 saturated carbocycles. The standard InChI is InChI=1S/C18H20ClN/c1-14-12-18(7-6-17(14)13-19)20-10-8-15-4-2-3-5-16(15)9-11-20/h2-7,12H,8-11,13H2,1H3. The Morgan fingerprint density at radius 1 is 1.00 bits per heavy atom. The summed E-state index contributed by atoms with van der Waals surface area (Å²) >= 11 is 5.94. The molecular formula is C18H20ClN. The molecule has 2 aromatic carbocycles. The van der Waals surface area contributed by atoms with Crippen molar-refractivity contribution in [2.24, 2.45) is 0 Å². The van der Waals surface area contributed by atoms with E-state index < -0.39 is 0 Å². The van der Waals surface area contributed by atoms with Gasteiger partial charge in [0.1, 0.15) is 0 Å². The Kier molecular flexibility index (Phi) is 3.98. The van der Waals surface area contributed by atoms with Gasteiger partial charge in [-0.3, -0.25) is 0 Å². The summed E-state index contributed by atoms with van der Waals surface area (Å²) in [6.45, 7) is 4.33. The lowest BCUT2D eigenvalue weighted by molar-refractivity contribution is 0.805. The zero-order valence-corrected chi connectivity index (χ0v) is 12.7. The number of alkyl halides is 1. The van der Waals surface area contributed by atoms with Gasteiger partial charge in [0.2, 0.25) is 0 Å². The largest absolute Gasteiger partial charge is 0.371 e. The first-order valence-electron chi connectivity index (χ1n) is 7.25. The van der Waals surface area contributed by atoms with Gasteiger partial charge >= 0.3 is 0 Å². The van der Waals surface area contributed by atoms with Crippen LogP contribution in [0.3, 0.4) is 0 Å². The fourth-order valence-corrected chi connectivity index (χ4v) is 3.25. The molecule has 0 radical (unpaired) electrons. The van der Waals surface area contributed by atoms with E-state index in [1.807, 2.05) is 0 Å². The highest BCUT2D eigenvalue weighted by molar-refractivity contribution is 6.17. The van der Waals surface area contributed by atoms with Crippen LogP contribution in [0.15, 0.2) is 42.5 Å². The summed E-state index contributed by atoms with van der Waals surface area (Å²) in [6.07, 6.45) is 2.26. The fraction of sp³-hybridized carbons (Fsp3) is 0.333. The van der Waals surface area contributed by atoms with Crippen LogP contribution in [0.1, 0.15) is 22.3 Å². The number of aryl methyl sites for hydroxylation is 1. The van der Waals surface area contributed by atoms with E-state index in [0.717, 1.165) is 25.9 Å². The van der Waals surface area contributed by atoms with Crippen molar-refractivity contribution in [3.8, 4) is 0 Å². The van der Waals surface area contributed by atoms with Crippen molar-refractivity contribution in [3.05, 3.63) is 64.7 Å². The smallest absolute Gasteiger partial charge is 0.0476 e. The Labute approximate surface area is 126 Å². The Hall–Kier alpha value is -1.47. The third-order valence-corrected chi connectivity index (χ3v) is 4.54. The predicted molar refractivity (Wildman–Crippen MR) is 86.8 cm³/mol. The molecule has 0 spiro atoms. The second-order valence-corrected chi connectivity index (χ2v) is 5.77. The zero-order chi connectivity index (χ0) is 13.9. The third kappa shape index (κ3) is 2.69. The molecule has 1 nitrogen and oxygen atoms in total. The van der Waals surface area contributed by atoms with Gasteiger partial charge in [-0.05, 0) is 54.2 Å². The molecule has 0 atom stereocenters. The maximum absolute atomic E-state index is 5.94. The highest BCUT2D eigenvalue weighted by atomic mass is 35.5. The van der Waals surface area contributed by atoms with Crippen molar-refractivity contribution in [1.82, 2.24) is 0 Å². The lowest BCUT2D eigenvalue weighted by Crippen LogP contribution is -2.26. The molecular weight excluding hydrogens is 266 g/mol. The fourth-order valence-electron chi connectivity index (χ4n) is 2.95. The van der Waals surface area contributed by atoms with Crippen molar-refractivity contribution in [2.45, 2.75) is 25.6 Å². The molecule has 1 heterocycles. The lowest BCUT2D eigenvalue weighted by atomic mass is 10.0. The average molecular weight is 286 g/mol. The lowest BCUT2D eigenvalue weighted by Gasteiger charge is -2.23. The molecule has 0 aliphatic carbocycles. The van der Waals surface area contributed by atoms with Gasteiger partial charge in [-0.25, -0.2) is 0 Å². The van der Waals surface area contributed by atoms with E-state index in [1.54, 1.807) is 0 Å². The first kappa shape index (κ1) is 13.5. The van der Waals surface area contributed by atoms with Crippen LogP contribution >= 0.6 is 11.6 Å². The van der Waals surface area contributed by atoms with E-state index in [0.29, 0.717) is 5.88 Å². The van der Waals surface area contributed by atoms with Gasteiger partial charge in [-0.2, -0.15) is 0 Å². The van der Waals surface area contributed by atoms with Gasteiger partial charge in [-0.1, -0.05) is 30.3 Å². The molecule has 0 saturated heterocycles. The van der Waals surface area contributed by atoms with Crippen molar-refractivity contribution in [1.29, 1.82) is 0 Å². The van der Waals surface area contributed by atoms with Crippen LogP contribution in [0.2, 0.25) is 0 Å². The maximum atomic E-state index is 5.94. The predicted octanol–water partition coefficient (Wildman–Crippen LogP) is 4.34. The Balaban J connectivity index is 1.81. The van der Waals surface area contributed by atoms with Crippen LogP contribution in [0, 0.1) is 6.92 Å². The van der Waals surface area contributed by atoms with Gasteiger partial charge in [0.15, 0.2) is 0 Å². The summed E-state index contributed by atoms with van der Waals surface area (Å²) in [7, 11) is 0. The summed E-state index contributed by atoms with van der Waals surface area (Å²) in [5, 5.41) is 0. The van der Waals surface area contributed by atoms with E-state index in [-0.39, 0.29) is 0 Å². The number of anilines is 1. The molecule has 2 heteroatoms. The summed E-state index contributed by atoms with van der Waals surface area (Å²) < 4.78 is 0. The minimum Gasteiger partial charge on any atom is -0.371 e.